The highest BCUT2D eigenvalue weighted by molar-refractivity contribution is 6.31. The molecule has 2 saturated heterocycles. The first-order chi connectivity index (χ1) is 16.9. The van der Waals surface area contributed by atoms with Gasteiger partial charge < -0.3 is 19.9 Å². The molecule has 3 aliphatic rings. The summed E-state index contributed by atoms with van der Waals surface area (Å²) in [6.45, 7) is 7.41. The number of nitrogens with zero attached hydrogens (tertiary/aromatic N) is 2. The topological polar surface area (TPSA) is 61.9 Å². The number of rotatable bonds is 9. The van der Waals surface area contributed by atoms with Gasteiger partial charge in [-0.3, -0.25) is 9.59 Å². The Balaban J connectivity index is 1.20. The maximum Gasteiger partial charge on any atom is 0.230 e. The van der Waals surface area contributed by atoms with E-state index in [1.54, 1.807) is 4.90 Å². The summed E-state index contributed by atoms with van der Waals surface area (Å²) in [7, 11) is 0. The maximum atomic E-state index is 13.4. The van der Waals surface area contributed by atoms with Crippen LogP contribution in [0.15, 0.2) is 60.7 Å². The van der Waals surface area contributed by atoms with Crippen molar-refractivity contribution in [1.29, 1.82) is 0 Å². The number of aryl methyl sites for hydroxylation is 1. The molecular formula is C28H32ClN3O3. The van der Waals surface area contributed by atoms with Gasteiger partial charge >= 0.3 is 0 Å². The van der Waals surface area contributed by atoms with Crippen LogP contribution in [0.1, 0.15) is 24.5 Å². The summed E-state index contributed by atoms with van der Waals surface area (Å²) in [5, 5.41) is 3.72. The second kappa shape index (κ2) is 9.67. The number of carbonyl (C=O) groups is 2. The molecule has 2 fully saturated rings. The minimum absolute atomic E-state index is 0.0338. The maximum absolute atomic E-state index is 13.4. The van der Waals surface area contributed by atoms with Gasteiger partial charge in [-0.25, -0.2) is 0 Å². The van der Waals surface area contributed by atoms with E-state index >= 15 is 0 Å². The van der Waals surface area contributed by atoms with Crippen LogP contribution in [0.4, 0.5) is 5.69 Å². The van der Waals surface area contributed by atoms with Gasteiger partial charge in [0.1, 0.15) is 5.60 Å². The minimum atomic E-state index is -0.713. The molecule has 1 spiro atoms. The summed E-state index contributed by atoms with van der Waals surface area (Å²) in [6.07, 6.45) is 4.41. The second-order valence-electron chi connectivity index (χ2n) is 9.75. The van der Waals surface area contributed by atoms with Gasteiger partial charge in [0.15, 0.2) is 0 Å². The summed E-state index contributed by atoms with van der Waals surface area (Å²) in [4.78, 5) is 30.8. The van der Waals surface area contributed by atoms with Crippen molar-refractivity contribution >= 4 is 29.1 Å². The fourth-order valence-corrected chi connectivity index (χ4v) is 5.93. The predicted octanol–water partition coefficient (Wildman–Crippen LogP) is 3.96. The third-order valence-electron chi connectivity index (χ3n) is 7.45. The van der Waals surface area contributed by atoms with Crippen molar-refractivity contribution in [3.8, 4) is 0 Å². The van der Waals surface area contributed by atoms with Crippen molar-refractivity contribution in [2.45, 2.75) is 38.5 Å². The molecule has 1 N–H and O–H groups in total. The summed E-state index contributed by atoms with van der Waals surface area (Å²) in [5.74, 6) is -1.12. The molecule has 0 aromatic heterocycles. The van der Waals surface area contributed by atoms with Crippen molar-refractivity contribution in [1.82, 2.24) is 10.2 Å². The lowest BCUT2D eigenvalue weighted by Gasteiger charge is -2.25. The zero-order valence-corrected chi connectivity index (χ0v) is 21.0. The van der Waals surface area contributed by atoms with Crippen LogP contribution in [0.25, 0.3) is 0 Å². The molecule has 7 heteroatoms. The van der Waals surface area contributed by atoms with Crippen LogP contribution in [-0.4, -0.2) is 54.6 Å². The van der Waals surface area contributed by atoms with Crippen LogP contribution in [0, 0.1) is 18.8 Å². The van der Waals surface area contributed by atoms with Crippen LogP contribution in [0.2, 0.25) is 5.02 Å². The van der Waals surface area contributed by atoms with Crippen molar-refractivity contribution in [2.24, 2.45) is 11.8 Å². The van der Waals surface area contributed by atoms with Gasteiger partial charge in [-0.15, -0.1) is 0 Å². The molecule has 6 nitrogen and oxygen atoms in total. The number of anilines is 1. The van der Waals surface area contributed by atoms with E-state index in [9.17, 15) is 9.59 Å². The number of hydrogen-bond donors (Lipinski definition) is 1. The highest BCUT2D eigenvalue weighted by Gasteiger charge is 2.66. The Bertz CT molecular complexity index is 1150. The summed E-state index contributed by atoms with van der Waals surface area (Å²) >= 11 is 6.33. The van der Waals surface area contributed by atoms with E-state index in [2.05, 4.69) is 48.3 Å². The third-order valence-corrected chi connectivity index (χ3v) is 7.82. The van der Waals surface area contributed by atoms with Crippen molar-refractivity contribution in [3.63, 3.8) is 0 Å². The first-order valence-electron chi connectivity index (χ1n) is 12.4. The Morgan fingerprint density at radius 3 is 2.86 bits per heavy atom. The first-order valence-corrected chi connectivity index (χ1v) is 12.8. The molecule has 2 aromatic carbocycles. The van der Waals surface area contributed by atoms with Crippen LogP contribution in [0.5, 0.6) is 0 Å². The molecule has 184 valence electrons. The smallest absolute Gasteiger partial charge is 0.230 e. The molecule has 0 aliphatic carbocycles. The average Bonchev–Trinajstić information content (AvgIpc) is 3.48. The van der Waals surface area contributed by atoms with E-state index < -0.39 is 17.4 Å². The average molecular weight is 494 g/mol. The zero-order valence-electron chi connectivity index (χ0n) is 20.2. The van der Waals surface area contributed by atoms with Gasteiger partial charge in [0, 0.05) is 36.9 Å². The Morgan fingerprint density at radius 1 is 1.26 bits per heavy atom. The number of hydrogen-bond acceptors (Lipinski definition) is 4. The fourth-order valence-electron chi connectivity index (χ4n) is 5.74. The second-order valence-corrected chi connectivity index (χ2v) is 10.2. The molecule has 3 aliphatic heterocycles. The van der Waals surface area contributed by atoms with Gasteiger partial charge in [-0.2, -0.15) is 0 Å². The third kappa shape index (κ3) is 4.45. The molecular weight excluding hydrogens is 462 g/mol. The first kappa shape index (κ1) is 23.9. The molecule has 0 saturated carbocycles. The number of carbonyl (C=O) groups excluding carboxylic acids is 2. The molecule has 0 unspecified atom stereocenters. The molecule has 35 heavy (non-hydrogen) atoms. The van der Waals surface area contributed by atoms with Crippen LogP contribution in [-0.2, 0) is 20.9 Å². The zero-order chi connectivity index (χ0) is 24.6. The van der Waals surface area contributed by atoms with E-state index in [4.69, 9.17) is 16.3 Å². The summed E-state index contributed by atoms with van der Waals surface area (Å²) < 4.78 is 6.24. The lowest BCUT2D eigenvalue weighted by Crippen LogP contribution is -2.44. The van der Waals surface area contributed by atoms with Gasteiger partial charge in [0.2, 0.25) is 11.8 Å². The number of halogens is 1. The lowest BCUT2D eigenvalue weighted by atomic mass is 9.77. The summed E-state index contributed by atoms with van der Waals surface area (Å²) in [6, 6.07) is 16.0. The Morgan fingerprint density at radius 2 is 2.09 bits per heavy atom. The largest absolute Gasteiger partial charge is 0.372 e. The molecule has 2 aromatic rings. The SMILES string of the molecule is CCN(CCCNC(=O)[C@@H]1[C@@H]2C=C[C@@]3(CN(Cc4ccccc4Cl)C(=O)[C@H]13)O2)c1cccc(C)c1. The molecule has 2 amide bonds. The molecule has 5 rings (SSSR count). The lowest BCUT2D eigenvalue weighted by molar-refractivity contribution is -0.137. The standard InChI is InChI=1S/C28H32ClN3O3/c1-3-31(21-10-6-8-19(2)16-21)15-7-14-30-26(33)24-23-12-13-28(35-23)18-32(27(34)25(24)28)17-20-9-4-5-11-22(20)29/h4-6,8-13,16,23-25H,3,7,14-15,17-18H2,1-2H3,(H,30,33)/t23-,24+,25-,28-/m0/s1. The van der Waals surface area contributed by atoms with Gasteiger partial charge in [0.25, 0.3) is 0 Å². The highest BCUT2D eigenvalue weighted by atomic mass is 35.5. The Labute approximate surface area is 211 Å². The molecule has 4 atom stereocenters. The molecule has 2 bridgehead atoms. The summed E-state index contributed by atoms with van der Waals surface area (Å²) in [5.41, 5.74) is 2.61. The number of benzene rings is 2. The molecule has 3 heterocycles. The van der Waals surface area contributed by atoms with Crippen molar-refractivity contribution in [2.75, 3.05) is 31.1 Å². The number of fused-ring (bicyclic) bond motifs is 1. The van der Waals surface area contributed by atoms with Crippen LogP contribution < -0.4 is 10.2 Å². The number of ether oxygens (including phenoxy) is 1. The Kier molecular flexibility index (Phi) is 6.60. The predicted molar refractivity (Wildman–Crippen MR) is 137 cm³/mol. The minimum Gasteiger partial charge on any atom is -0.372 e. The monoisotopic (exact) mass is 493 g/mol. The molecule has 0 radical (unpaired) electrons. The highest BCUT2D eigenvalue weighted by Crippen LogP contribution is 2.52. The quantitative estimate of drug-likeness (QED) is 0.424. The van der Waals surface area contributed by atoms with Gasteiger partial charge in [0.05, 0.1) is 24.5 Å². The van der Waals surface area contributed by atoms with E-state index in [1.807, 2.05) is 36.4 Å². The van der Waals surface area contributed by atoms with Gasteiger partial charge in [-0.1, -0.05) is 54.1 Å². The fraction of sp³-hybridized carbons (Fsp3) is 0.429. The van der Waals surface area contributed by atoms with Crippen molar-refractivity contribution < 1.29 is 14.3 Å². The van der Waals surface area contributed by atoms with E-state index in [0.717, 1.165) is 25.1 Å². The number of amides is 2. The van der Waals surface area contributed by atoms with Crippen LogP contribution in [0.3, 0.4) is 0 Å². The number of nitrogens with one attached hydrogen (secondary N) is 1. The number of likely N-dealkylation sites (tertiary alicyclic amines) is 1. The van der Waals surface area contributed by atoms with E-state index in [1.165, 1.54) is 11.3 Å². The van der Waals surface area contributed by atoms with E-state index in [-0.39, 0.29) is 17.9 Å². The van der Waals surface area contributed by atoms with Crippen LogP contribution >= 0.6 is 11.6 Å². The van der Waals surface area contributed by atoms with Crippen molar-refractivity contribution in [3.05, 3.63) is 76.8 Å². The van der Waals surface area contributed by atoms with Gasteiger partial charge in [-0.05, 0) is 49.6 Å². The van der Waals surface area contributed by atoms with E-state index in [0.29, 0.717) is 24.7 Å². The Hall–Kier alpha value is -2.83. The normalized spacial score (nSPS) is 26.3.